The van der Waals surface area contributed by atoms with Gasteiger partial charge in [0.1, 0.15) is 5.75 Å². The molecule has 0 fully saturated rings. The zero-order valence-corrected chi connectivity index (χ0v) is 10.6. The summed E-state index contributed by atoms with van der Waals surface area (Å²) in [4.78, 5) is 13.4. The van der Waals surface area contributed by atoms with Crippen molar-refractivity contribution in [2.45, 2.75) is 13.0 Å². The third-order valence-corrected chi connectivity index (χ3v) is 3.08. The summed E-state index contributed by atoms with van der Waals surface area (Å²) in [6.45, 7) is 1.83. The van der Waals surface area contributed by atoms with Gasteiger partial charge < -0.3 is 10.0 Å². The van der Waals surface area contributed by atoms with Gasteiger partial charge in [-0.25, -0.2) is 0 Å². The second-order valence-corrected chi connectivity index (χ2v) is 4.33. The first-order valence-electron chi connectivity index (χ1n) is 4.79. The fourth-order valence-electron chi connectivity index (χ4n) is 1.18. The molecule has 0 spiro atoms. The highest BCUT2D eigenvalue weighted by molar-refractivity contribution is 6.30. The molecule has 1 unspecified atom stereocenters. The summed E-state index contributed by atoms with van der Waals surface area (Å²) >= 11 is 11.4. The minimum atomic E-state index is -0.276. The number of hydrogen-bond donors (Lipinski definition) is 1. The standard InChI is InChI=1S/C11H13Cl2NO2/c1-7(6-12)14(2)11(16)9-4-3-8(13)5-10(9)15/h3-5,7,15H,6H2,1-2H3. The predicted molar refractivity (Wildman–Crippen MR) is 65.4 cm³/mol. The zero-order valence-electron chi connectivity index (χ0n) is 9.08. The van der Waals surface area contributed by atoms with Gasteiger partial charge in [0.2, 0.25) is 0 Å². The number of carbonyl (C=O) groups is 1. The molecule has 0 aromatic heterocycles. The molecule has 0 aliphatic carbocycles. The van der Waals surface area contributed by atoms with E-state index in [1.807, 2.05) is 6.92 Å². The molecule has 1 aromatic rings. The summed E-state index contributed by atoms with van der Waals surface area (Å²) in [6, 6.07) is 4.31. The van der Waals surface area contributed by atoms with Crippen LogP contribution in [0.2, 0.25) is 5.02 Å². The number of hydrogen-bond acceptors (Lipinski definition) is 2. The number of halogens is 2. The fraction of sp³-hybridized carbons (Fsp3) is 0.364. The number of alkyl halides is 1. The van der Waals surface area contributed by atoms with E-state index >= 15 is 0 Å². The molecule has 1 rings (SSSR count). The van der Waals surface area contributed by atoms with E-state index in [0.29, 0.717) is 10.9 Å². The van der Waals surface area contributed by atoms with Gasteiger partial charge in [-0.1, -0.05) is 11.6 Å². The number of phenolic OH excluding ortho intramolecular Hbond substituents is 1. The Hall–Kier alpha value is -0.930. The van der Waals surface area contributed by atoms with E-state index < -0.39 is 0 Å². The van der Waals surface area contributed by atoms with Crippen LogP contribution in [0.4, 0.5) is 0 Å². The van der Waals surface area contributed by atoms with Gasteiger partial charge in [-0.15, -0.1) is 11.6 Å². The summed E-state index contributed by atoms with van der Waals surface area (Å²) in [7, 11) is 1.64. The molecule has 0 radical (unpaired) electrons. The van der Waals surface area contributed by atoms with Crippen molar-refractivity contribution in [2.24, 2.45) is 0 Å². The molecule has 5 heteroatoms. The zero-order chi connectivity index (χ0) is 12.3. The molecule has 0 heterocycles. The lowest BCUT2D eigenvalue weighted by molar-refractivity contribution is 0.0753. The third-order valence-electron chi connectivity index (χ3n) is 2.40. The number of phenols is 1. The second kappa shape index (κ2) is 5.41. The van der Waals surface area contributed by atoms with Crippen LogP contribution in [0.1, 0.15) is 17.3 Å². The van der Waals surface area contributed by atoms with E-state index in [4.69, 9.17) is 23.2 Å². The SMILES string of the molecule is CC(CCl)N(C)C(=O)c1ccc(Cl)cc1O. The van der Waals surface area contributed by atoms with Crippen LogP contribution in [0.25, 0.3) is 0 Å². The van der Waals surface area contributed by atoms with Crippen molar-refractivity contribution in [3.8, 4) is 5.75 Å². The minimum absolute atomic E-state index is 0.0933. The van der Waals surface area contributed by atoms with Crippen LogP contribution in [0.15, 0.2) is 18.2 Å². The minimum Gasteiger partial charge on any atom is -0.507 e. The summed E-state index contributed by atoms with van der Waals surface area (Å²) in [5.74, 6) is -0.0511. The van der Waals surface area contributed by atoms with Gasteiger partial charge in [-0.05, 0) is 25.1 Å². The molecular weight excluding hydrogens is 249 g/mol. The molecule has 0 aliphatic rings. The van der Waals surface area contributed by atoms with E-state index in [9.17, 15) is 9.90 Å². The van der Waals surface area contributed by atoms with E-state index in [2.05, 4.69) is 0 Å². The lowest BCUT2D eigenvalue weighted by atomic mass is 10.1. The van der Waals surface area contributed by atoms with Crippen molar-refractivity contribution in [3.63, 3.8) is 0 Å². The van der Waals surface area contributed by atoms with E-state index in [0.717, 1.165) is 0 Å². The lowest BCUT2D eigenvalue weighted by Crippen LogP contribution is -2.36. The number of benzene rings is 1. The molecule has 1 N–H and O–H groups in total. The third kappa shape index (κ3) is 2.80. The van der Waals surface area contributed by atoms with Gasteiger partial charge in [0, 0.05) is 24.0 Å². The first-order valence-corrected chi connectivity index (χ1v) is 5.70. The molecule has 16 heavy (non-hydrogen) atoms. The number of aromatic hydroxyl groups is 1. The first kappa shape index (κ1) is 13.1. The van der Waals surface area contributed by atoms with Crippen LogP contribution in [0.5, 0.6) is 5.75 Å². The van der Waals surface area contributed by atoms with Crippen LogP contribution < -0.4 is 0 Å². The topological polar surface area (TPSA) is 40.5 Å². The fourth-order valence-corrected chi connectivity index (χ4v) is 1.55. The Morgan fingerprint density at radius 2 is 2.19 bits per heavy atom. The van der Waals surface area contributed by atoms with E-state index in [1.165, 1.54) is 17.0 Å². The number of carbonyl (C=O) groups excluding carboxylic acids is 1. The molecule has 0 saturated heterocycles. The van der Waals surface area contributed by atoms with E-state index in [1.54, 1.807) is 13.1 Å². The van der Waals surface area contributed by atoms with Gasteiger partial charge >= 0.3 is 0 Å². The van der Waals surface area contributed by atoms with Crippen molar-refractivity contribution < 1.29 is 9.90 Å². The lowest BCUT2D eigenvalue weighted by Gasteiger charge is -2.23. The highest BCUT2D eigenvalue weighted by Gasteiger charge is 2.19. The molecule has 1 aromatic carbocycles. The largest absolute Gasteiger partial charge is 0.507 e. The van der Waals surface area contributed by atoms with Gasteiger partial charge in [-0.3, -0.25) is 4.79 Å². The van der Waals surface area contributed by atoms with Crippen molar-refractivity contribution >= 4 is 29.1 Å². The smallest absolute Gasteiger partial charge is 0.257 e. The maximum Gasteiger partial charge on any atom is 0.257 e. The monoisotopic (exact) mass is 261 g/mol. The Morgan fingerprint density at radius 3 is 2.69 bits per heavy atom. The Labute approximate surface area is 105 Å². The van der Waals surface area contributed by atoms with Gasteiger partial charge in [0.25, 0.3) is 5.91 Å². The first-order chi connectivity index (χ1) is 7.47. The molecule has 3 nitrogen and oxygen atoms in total. The normalized spacial score (nSPS) is 12.2. The van der Waals surface area contributed by atoms with Crippen LogP contribution >= 0.6 is 23.2 Å². The van der Waals surface area contributed by atoms with Crippen LogP contribution in [-0.2, 0) is 0 Å². The quantitative estimate of drug-likeness (QED) is 0.851. The maximum absolute atomic E-state index is 11.9. The van der Waals surface area contributed by atoms with Crippen LogP contribution in [-0.4, -0.2) is 34.9 Å². The highest BCUT2D eigenvalue weighted by atomic mass is 35.5. The average Bonchev–Trinajstić information content (AvgIpc) is 2.26. The Morgan fingerprint density at radius 1 is 1.56 bits per heavy atom. The molecule has 1 amide bonds. The van der Waals surface area contributed by atoms with Crippen molar-refractivity contribution in [3.05, 3.63) is 28.8 Å². The molecule has 0 bridgehead atoms. The number of rotatable bonds is 3. The molecule has 88 valence electrons. The van der Waals surface area contributed by atoms with Gasteiger partial charge in [0.15, 0.2) is 0 Å². The Kier molecular flexibility index (Phi) is 4.44. The van der Waals surface area contributed by atoms with Crippen molar-refractivity contribution in [1.82, 2.24) is 4.90 Å². The summed E-state index contributed by atoms with van der Waals surface area (Å²) in [5.41, 5.74) is 0.226. The number of nitrogens with zero attached hydrogens (tertiary/aromatic N) is 1. The van der Waals surface area contributed by atoms with E-state index in [-0.39, 0.29) is 23.3 Å². The number of amides is 1. The Bertz CT molecular complexity index is 396. The molecule has 0 aliphatic heterocycles. The highest BCUT2D eigenvalue weighted by Crippen LogP contribution is 2.23. The van der Waals surface area contributed by atoms with Gasteiger partial charge in [-0.2, -0.15) is 0 Å². The van der Waals surface area contributed by atoms with Gasteiger partial charge in [0.05, 0.1) is 5.56 Å². The Balaban J connectivity index is 2.96. The van der Waals surface area contributed by atoms with Crippen molar-refractivity contribution in [2.75, 3.05) is 12.9 Å². The summed E-state index contributed by atoms with van der Waals surface area (Å²) in [5, 5.41) is 9.99. The predicted octanol–water partition coefficient (Wildman–Crippen LogP) is 2.74. The molecular formula is C11H13Cl2NO2. The summed E-state index contributed by atoms with van der Waals surface area (Å²) in [6.07, 6.45) is 0. The maximum atomic E-state index is 11.9. The summed E-state index contributed by atoms with van der Waals surface area (Å²) < 4.78 is 0. The molecule has 0 saturated carbocycles. The van der Waals surface area contributed by atoms with Crippen LogP contribution in [0.3, 0.4) is 0 Å². The van der Waals surface area contributed by atoms with Crippen molar-refractivity contribution in [1.29, 1.82) is 0 Å². The van der Waals surface area contributed by atoms with Crippen LogP contribution in [0, 0.1) is 0 Å². The molecule has 1 atom stereocenters. The average molecular weight is 262 g/mol. The second-order valence-electron chi connectivity index (χ2n) is 3.58.